The van der Waals surface area contributed by atoms with Crippen molar-refractivity contribution in [2.24, 2.45) is 5.92 Å². The van der Waals surface area contributed by atoms with Gasteiger partial charge in [-0.05, 0) is 25.3 Å². The lowest BCUT2D eigenvalue weighted by Gasteiger charge is -2.17. The van der Waals surface area contributed by atoms with Gasteiger partial charge in [0.1, 0.15) is 0 Å². The van der Waals surface area contributed by atoms with Crippen LogP contribution in [0.4, 0.5) is 0 Å². The van der Waals surface area contributed by atoms with Crippen molar-refractivity contribution in [2.45, 2.75) is 32.7 Å². The van der Waals surface area contributed by atoms with Crippen LogP contribution in [0.2, 0.25) is 0 Å². The Morgan fingerprint density at radius 1 is 1.44 bits per heavy atom. The Bertz CT molecular complexity index is 330. The van der Waals surface area contributed by atoms with Gasteiger partial charge in [-0.1, -0.05) is 13.8 Å². The average Bonchev–Trinajstić information content (AvgIpc) is 2.74. The summed E-state index contributed by atoms with van der Waals surface area (Å²) in [5.41, 5.74) is 0. The van der Waals surface area contributed by atoms with Crippen molar-refractivity contribution in [1.82, 2.24) is 9.62 Å². The molecule has 1 N–H and O–H groups in total. The molecule has 18 heavy (non-hydrogen) atoms. The van der Waals surface area contributed by atoms with Gasteiger partial charge in [0, 0.05) is 26.2 Å². The zero-order chi connectivity index (χ0) is 13.6. The second-order valence-corrected chi connectivity index (χ2v) is 7.33. The van der Waals surface area contributed by atoms with E-state index in [2.05, 4.69) is 19.2 Å². The molecule has 0 aromatic heterocycles. The fourth-order valence-corrected chi connectivity index (χ4v) is 3.78. The molecule has 0 bridgehead atoms. The minimum atomic E-state index is -3.07. The molecule has 0 radical (unpaired) electrons. The van der Waals surface area contributed by atoms with E-state index < -0.39 is 10.0 Å². The Kier molecular flexibility index (Phi) is 6.55. The molecule has 1 unspecified atom stereocenters. The van der Waals surface area contributed by atoms with Crippen molar-refractivity contribution in [3.8, 4) is 0 Å². The number of sulfonamides is 1. The van der Waals surface area contributed by atoms with Crippen molar-refractivity contribution in [3.63, 3.8) is 0 Å². The molecule has 1 aliphatic heterocycles. The van der Waals surface area contributed by atoms with Crippen molar-refractivity contribution in [2.75, 3.05) is 39.1 Å². The summed E-state index contributed by atoms with van der Waals surface area (Å²) in [6, 6.07) is 0.408. The molecule has 0 amide bonds. The number of hydrogen-bond acceptors (Lipinski definition) is 4. The highest BCUT2D eigenvalue weighted by Gasteiger charge is 2.30. The van der Waals surface area contributed by atoms with E-state index in [0.29, 0.717) is 38.1 Å². The minimum absolute atomic E-state index is 0.242. The zero-order valence-electron chi connectivity index (χ0n) is 11.7. The van der Waals surface area contributed by atoms with Crippen LogP contribution in [0.15, 0.2) is 0 Å². The maximum absolute atomic E-state index is 12.1. The smallest absolute Gasteiger partial charge is 0.214 e. The fraction of sp³-hybridized carbons (Fsp3) is 1.00. The van der Waals surface area contributed by atoms with Gasteiger partial charge in [0.2, 0.25) is 10.0 Å². The average molecular weight is 278 g/mol. The minimum Gasteiger partial charge on any atom is -0.384 e. The highest BCUT2D eigenvalue weighted by Crippen LogP contribution is 2.20. The predicted molar refractivity (Wildman–Crippen MR) is 73.1 cm³/mol. The van der Waals surface area contributed by atoms with Gasteiger partial charge < -0.3 is 10.1 Å². The number of nitrogens with zero attached hydrogens (tertiary/aromatic N) is 1. The van der Waals surface area contributed by atoms with Crippen molar-refractivity contribution in [3.05, 3.63) is 0 Å². The SMILES string of the molecule is COCC1CCN(S(=O)(=O)CCCNC(C)C)C1. The number of hydrogen-bond donors (Lipinski definition) is 1. The van der Waals surface area contributed by atoms with E-state index in [1.807, 2.05) is 0 Å². The lowest BCUT2D eigenvalue weighted by atomic mass is 10.1. The molecule has 1 heterocycles. The molecule has 1 aliphatic rings. The molecule has 0 aromatic carbocycles. The summed E-state index contributed by atoms with van der Waals surface area (Å²) < 4.78 is 30.9. The summed E-state index contributed by atoms with van der Waals surface area (Å²) in [7, 11) is -1.41. The Morgan fingerprint density at radius 2 is 2.17 bits per heavy atom. The third-order valence-corrected chi connectivity index (χ3v) is 5.10. The lowest BCUT2D eigenvalue weighted by Crippen LogP contribution is -2.33. The van der Waals surface area contributed by atoms with Gasteiger partial charge in [0.15, 0.2) is 0 Å². The fourth-order valence-electron chi connectivity index (χ4n) is 2.20. The Hall–Kier alpha value is -0.170. The largest absolute Gasteiger partial charge is 0.384 e. The Labute approximate surface area is 111 Å². The van der Waals surface area contributed by atoms with E-state index in [-0.39, 0.29) is 5.75 Å². The zero-order valence-corrected chi connectivity index (χ0v) is 12.5. The van der Waals surface area contributed by atoms with Crippen LogP contribution in [0.25, 0.3) is 0 Å². The van der Waals surface area contributed by atoms with Crippen LogP contribution in [-0.2, 0) is 14.8 Å². The first-order chi connectivity index (χ1) is 8.45. The monoisotopic (exact) mass is 278 g/mol. The summed E-state index contributed by atoms with van der Waals surface area (Å²) >= 11 is 0. The molecule has 1 fully saturated rings. The summed E-state index contributed by atoms with van der Waals surface area (Å²) in [4.78, 5) is 0. The Balaban J connectivity index is 2.31. The van der Waals surface area contributed by atoms with Gasteiger partial charge in [0.25, 0.3) is 0 Å². The first-order valence-electron chi connectivity index (χ1n) is 6.66. The first-order valence-corrected chi connectivity index (χ1v) is 8.26. The molecule has 1 atom stereocenters. The van der Waals surface area contributed by atoms with Crippen molar-refractivity contribution < 1.29 is 13.2 Å². The van der Waals surface area contributed by atoms with Gasteiger partial charge >= 0.3 is 0 Å². The van der Waals surface area contributed by atoms with Gasteiger partial charge in [-0.2, -0.15) is 0 Å². The Morgan fingerprint density at radius 3 is 2.78 bits per heavy atom. The van der Waals surface area contributed by atoms with Crippen LogP contribution in [0, 0.1) is 5.92 Å². The predicted octanol–water partition coefficient (Wildman–Crippen LogP) is 0.673. The number of rotatable bonds is 8. The lowest BCUT2D eigenvalue weighted by molar-refractivity contribution is 0.157. The summed E-state index contributed by atoms with van der Waals surface area (Å²) in [6.45, 7) is 6.80. The van der Waals surface area contributed by atoms with E-state index in [1.165, 1.54) is 0 Å². The molecule has 108 valence electrons. The van der Waals surface area contributed by atoms with Gasteiger partial charge in [0.05, 0.1) is 12.4 Å². The maximum atomic E-state index is 12.1. The second-order valence-electron chi connectivity index (χ2n) is 5.25. The number of nitrogens with one attached hydrogen (secondary N) is 1. The summed E-state index contributed by atoms with van der Waals surface area (Å²) in [5.74, 6) is 0.602. The van der Waals surface area contributed by atoms with Crippen LogP contribution in [-0.4, -0.2) is 57.9 Å². The van der Waals surface area contributed by atoms with E-state index in [0.717, 1.165) is 13.0 Å². The molecular formula is C12H26N2O3S. The number of methoxy groups -OCH3 is 1. The van der Waals surface area contributed by atoms with Gasteiger partial charge in [-0.15, -0.1) is 0 Å². The molecule has 0 aliphatic carbocycles. The molecule has 1 rings (SSSR count). The topological polar surface area (TPSA) is 58.6 Å². The van der Waals surface area contributed by atoms with Crippen LogP contribution >= 0.6 is 0 Å². The van der Waals surface area contributed by atoms with Gasteiger partial charge in [-0.25, -0.2) is 12.7 Å². The standard InChI is InChI=1S/C12H26N2O3S/c1-11(2)13-6-4-8-18(15,16)14-7-5-12(9-14)10-17-3/h11-13H,4-10H2,1-3H3. The first kappa shape index (κ1) is 15.9. The molecule has 0 spiro atoms. The van der Waals surface area contributed by atoms with Crippen LogP contribution < -0.4 is 5.32 Å². The molecule has 6 heteroatoms. The van der Waals surface area contributed by atoms with E-state index in [1.54, 1.807) is 11.4 Å². The molecular weight excluding hydrogens is 252 g/mol. The summed E-state index contributed by atoms with van der Waals surface area (Å²) in [6.07, 6.45) is 1.59. The van der Waals surface area contributed by atoms with Crippen LogP contribution in [0.5, 0.6) is 0 Å². The molecule has 0 saturated carbocycles. The molecule has 0 aromatic rings. The second kappa shape index (κ2) is 7.43. The summed E-state index contributed by atoms with van der Waals surface area (Å²) in [5, 5.41) is 3.23. The highest BCUT2D eigenvalue weighted by molar-refractivity contribution is 7.89. The van der Waals surface area contributed by atoms with E-state index in [4.69, 9.17) is 4.74 Å². The molecule has 1 saturated heterocycles. The molecule has 5 nitrogen and oxygen atoms in total. The third kappa shape index (κ3) is 5.22. The number of ether oxygens (including phenoxy) is 1. The van der Waals surface area contributed by atoms with E-state index >= 15 is 0 Å². The van der Waals surface area contributed by atoms with Crippen molar-refractivity contribution >= 4 is 10.0 Å². The van der Waals surface area contributed by atoms with Crippen LogP contribution in [0.1, 0.15) is 26.7 Å². The maximum Gasteiger partial charge on any atom is 0.214 e. The van der Waals surface area contributed by atoms with Crippen molar-refractivity contribution in [1.29, 1.82) is 0 Å². The third-order valence-electron chi connectivity index (χ3n) is 3.18. The quantitative estimate of drug-likeness (QED) is 0.663. The normalized spacial score (nSPS) is 21.9. The van der Waals surface area contributed by atoms with E-state index in [9.17, 15) is 8.42 Å². The van der Waals surface area contributed by atoms with Crippen LogP contribution in [0.3, 0.4) is 0 Å². The van der Waals surface area contributed by atoms with Gasteiger partial charge in [-0.3, -0.25) is 0 Å². The highest BCUT2D eigenvalue weighted by atomic mass is 32.2.